The van der Waals surface area contributed by atoms with E-state index < -0.39 is 0 Å². The lowest BCUT2D eigenvalue weighted by Gasteiger charge is -2.15. The van der Waals surface area contributed by atoms with E-state index in [9.17, 15) is 4.79 Å². The number of aryl methyl sites for hydroxylation is 2. The summed E-state index contributed by atoms with van der Waals surface area (Å²) in [5.41, 5.74) is 2.85. The van der Waals surface area contributed by atoms with Gasteiger partial charge in [-0.1, -0.05) is 18.2 Å². The first-order valence-electron chi connectivity index (χ1n) is 8.94. The zero-order valence-electron chi connectivity index (χ0n) is 15.3. The van der Waals surface area contributed by atoms with Gasteiger partial charge in [0.2, 0.25) is 0 Å². The Balaban J connectivity index is 1.54. The van der Waals surface area contributed by atoms with Crippen LogP contribution >= 0.6 is 0 Å². The predicted molar refractivity (Wildman–Crippen MR) is 101 cm³/mol. The van der Waals surface area contributed by atoms with E-state index in [1.165, 1.54) is 0 Å². The number of ether oxygens (including phenoxy) is 3. The van der Waals surface area contributed by atoms with Gasteiger partial charge in [-0.05, 0) is 62.1 Å². The van der Waals surface area contributed by atoms with Crippen LogP contribution in [0.25, 0.3) is 0 Å². The lowest BCUT2D eigenvalue weighted by atomic mass is 10.1. The minimum atomic E-state index is -0.225. The first-order valence-corrected chi connectivity index (χ1v) is 8.94. The molecule has 0 radical (unpaired) electrons. The topological polar surface area (TPSA) is 56.8 Å². The molecule has 1 fully saturated rings. The Bertz CT molecular complexity index is 733. The first-order chi connectivity index (χ1) is 12.6. The molecule has 5 nitrogen and oxygen atoms in total. The Morgan fingerprint density at radius 3 is 2.65 bits per heavy atom. The van der Waals surface area contributed by atoms with Gasteiger partial charge in [0.05, 0.1) is 11.8 Å². The second-order valence-corrected chi connectivity index (χ2v) is 6.60. The molecule has 0 bridgehead atoms. The zero-order valence-corrected chi connectivity index (χ0v) is 15.3. The van der Waals surface area contributed by atoms with Gasteiger partial charge in [0.1, 0.15) is 18.1 Å². The summed E-state index contributed by atoms with van der Waals surface area (Å²) in [6, 6.07) is 13.3. The molecule has 1 N–H and O–H groups in total. The minimum Gasteiger partial charge on any atom is -0.489 e. The van der Waals surface area contributed by atoms with Crippen molar-refractivity contribution >= 4 is 11.6 Å². The quantitative estimate of drug-likeness (QED) is 0.819. The summed E-state index contributed by atoms with van der Waals surface area (Å²) in [5, 5.41) is 2.86. The number of para-hydroxylation sites is 2. The molecule has 1 saturated heterocycles. The van der Waals surface area contributed by atoms with Crippen LogP contribution in [0.5, 0.6) is 11.5 Å². The Hall–Kier alpha value is -2.53. The number of carbonyl (C=O) groups excluding carboxylic acids is 1. The number of rotatable bonds is 7. The number of amides is 1. The van der Waals surface area contributed by atoms with Crippen molar-refractivity contribution in [2.24, 2.45) is 0 Å². The van der Waals surface area contributed by atoms with Crippen molar-refractivity contribution in [3.05, 3.63) is 53.6 Å². The molecule has 1 atom stereocenters. The van der Waals surface area contributed by atoms with Crippen LogP contribution in [0.1, 0.15) is 24.0 Å². The number of hydrogen-bond donors (Lipinski definition) is 1. The van der Waals surface area contributed by atoms with Gasteiger partial charge in [0.15, 0.2) is 6.61 Å². The van der Waals surface area contributed by atoms with Gasteiger partial charge in [-0.15, -0.1) is 0 Å². The number of hydrogen-bond acceptors (Lipinski definition) is 4. The van der Waals surface area contributed by atoms with Gasteiger partial charge in [-0.2, -0.15) is 0 Å². The molecule has 2 aromatic carbocycles. The van der Waals surface area contributed by atoms with Gasteiger partial charge < -0.3 is 19.5 Å². The average Bonchev–Trinajstić information content (AvgIpc) is 3.12. The van der Waals surface area contributed by atoms with Crippen LogP contribution in [-0.2, 0) is 9.53 Å². The van der Waals surface area contributed by atoms with Crippen LogP contribution in [0.4, 0.5) is 5.69 Å². The maximum atomic E-state index is 12.3. The summed E-state index contributed by atoms with van der Waals surface area (Å²) in [6.45, 7) is 5.24. The highest BCUT2D eigenvalue weighted by Crippen LogP contribution is 2.25. The molecule has 138 valence electrons. The maximum absolute atomic E-state index is 12.3. The van der Waals surface area contributed by atoms with E-state index in [2.05, 4.69) is 11.4 Å². The van der Waals surface area contributed by atoms with E-state index in [1.54, 1.807) is 0 Å². The van der Waals surface area contributed by atoms with E-state index in [4.69, 9.17) is 14.2 Å². The molecule has 1 heterocycles. The van der Waals surface area contributed by atoms with Crippen LogP contribution in [0.2, 0.25) is 0 Å². The normalized spacial score (nSPS) is 16.3. The molecular weight excluding hydrogens is 330 g/mol. The van der Waals surface area contributed by atoms with E-state index in [0.717, 1.165) is 30.6 Å². The van der Waals surface area contributed by atoms with Crippen LogP contribution in [0.15, 0.2) is 42.5 Å². The maximum Gasteiger partial charge on any atom is 0.262 e. The lowest BCUT2D eigenvalue weighted by molar-refractivity contribution is -0.118. The molecule has 3 rings (SSSR count). The number of carbonyl (C=O) groups is 1. The summed E-state index contributed by atoms with van der Waals surface area (Å²) in [7, 11) is 0. The molecule has 0 saturated carbocycles. The van der Waals surface area contributed by atoms with Crippen LogP contribution < -0.4 is 14.8 Å². The third-order valence-electron chi connectivity index (χ3n) is 4.17. The molecule has 1 aliphatic rings. The van der Waals surface area contributed by atoms with Gasteiger partial charge >= 0.3 is 0 Å². The average molecular weight is 355 g/mol. The summed E-state index contributed by atoms with van der Waals surface area (Å²) in [4.78, 5) is 12.3. The van der Waals surface area contributed by atoms with Crippen molar-refractivity contribution in [1.82, 2.24) is 0 Å². The van der Waals surface area contributed by atoms with E-state index in [-0.39, 0.29) is 18.6 Å². The van der Waals surface area contributed by atoms with Crippen molar-refractivity contribution in [1.29, 1.82) is 0 Å². The monoisotopic (exact) mass is 355 g/mol. The van der Waals surface area contributed by atoms with Crippen molar-refractivity contribution in [2.75, 3.05) is 25.1 Å². The second-order valence-electron chi connectivity index (χ2n) is 6.60. The molecular formula is C21H25NO4. The molecule has 5 heteroatoms. The molecule has 26 heavy (non-hydrogen) atoms. The number of anilines is 1. The van der Waals surface area contributed by atoms with Crippen molar-refractivity contribution in [2.45, 2.75) is 32.8 Å². The largest absolute Gasteiger partial charge is 0.489 e. The third-order valence-corrected chi connectivity index (χ3v) is 4.17. The summed E-state index contributed by atoms with van der Waals surface area (Å²) >= 11 is 0. The Kier molecular flexibility index (Phi) is 6.12. The summed E-state index contributed by atoms with van der Waals surface area (Å²) in [5.74, 6) is 1.11. The fraction of sp³-hybridized carbons (Fsp3) is 0.381. The molecule has 1 aliphatic heterocycles. The predicted octanol–water partition coefficient (Wildman–Crippen LogP) is 3.88. The van der Waals surface area contributed by atoms with E-state index in [1.807, 2.05) is 50.2 Å². The van der Waals surface area contributed by atoms with Crippen molar-refractivity contribution in [3.8, 4) is 11.5 Å². The Morgan fingerprint density at radius 1 is 1.15 bits per heavy atom. The van der Waals surface area contributed by atoms with Gasteiger partial charge in [-0.25, -0.2) is 0 Å². The molecule has 0 spiro atoms. The highest BCUT2D eigenvalue weighted by Gasteiger charge is 2.17. The smallest absolute Gasteiger partial charge is 0.262 e. The van der Waals surface area contributed by atoms with Crippen LogP contribution in [-0.4, -0.2) is 31.8 Å². The molecule has 1 amide bonds. The Labute approximate surface area is 154 Å². The van der Waals surface area contributed by atoms with Gasteiger partial charge in [-0.3, -0.25) is 4.79 Å². The summed E-state index contributed by atoms with van der Waals surface area (Å²) in [6.07, 6.45) is 2.21. The van der Waals surface area contributed by atoms with Crippen molar-refractivity contribution < 1.29 is 19.0 Å². The molecule has 0 unspecified atom stereocenters. The van der Waals surface area contributed by atoms with Gasteiger partial charge in [0, 0.05) is 6.61 Å². The van der Waals surface area contributed by atoms with E-state index in [0.29, 0.717) is 23.8 Å². The fourth-order valence-electron chi connectivity index (χ4n) is 3.01. The summed E-state index contributed by atoms with van der Waals surface area (Å²) < 4.78 is 17.0. The molecule has 0 aliphatic carbocycles. The third kappa shape index (κ3) is 5.23. The number of benzene rings is 2. The zero-order chi connectivity index (χ0) is 18.4. The highest BCUT2D eigenvalue weighted by molar-refractivity contribution is 5.93. The van der Waals surface area contributed by atoms with Crippen molar-refractivity contribution in [3.63, 3.8) is 0 Å². The number of nitrogens with one attached hydrogen (secondary N) is 1. The minimum absolute atomic E-state index is 0.0526. The highest BCUT2D eigenvalue weighted by atomic mass is 16.5. The fourth-order valence-corrected chi connectivity index (χ4v) is 3.01. The van der Waals surface area contributed by atoms with Crippen LogP contribution in [0.3, 0.4) is 0 Å². The Morgan fingerprint density at radius 2 is 1.92 bits per heavy atom. The SMILES string of the molecule is Cc1cc(C)cc(OCC(=O)Nc2ccccc2OC[C@H]2CCCO2)c1. The second kappa shape index (κ2) is 8.72. The lowest BCUT2D eigenvalue weighted by Crippen LogP contribution is -2.21. The first kappa shape index (κ1) is 18.3. The van der Waals surface area contributed by atoms with E-state index >= 15 is 0 Å². The standard InChI is InChI=1S/C21H25NO4/c1-15-10-16(2)12-18(11-15)25-14-21(23)22-19-7-3-4-8-20(19)26-13-17-6-5-9-24-17/h3-4,7-8,10-12,17H,5-6,9,13-14H2,1-2H3,(H,22,23)/t17-/m1/s1. The molecule has 2 aromatic rings. The van der Waals surface area contributed by atoms with Crippen LogP contribution in [0, 0.1) is 13.8 Å². The molecule has 0 aromatic heterocycles. The van der Waals surface area contributed by atoms with Gasteiger partial charge in [0.25, 0.3) is 5.91 Å².